The van der Waals surface area contributed by atoms with Gasteiger partial charge in [-0.05, 0) is 60.5 Å². The summed E-state index contributed by atoms with van der Waals surface area (Å²) in [6.07, 6.45) is 0.746. The minimum Gasteiger partial charge on any atom is -0.350 e. The molecule has 2 amide bonds. The van der Waals surface area contributed by atoms with Crippen LogP contribution in [0.4, 0.5) is 15.8 Å². The van der Waals surface area contributed by atoms with Crippen molar-refractivity contribution in [3.63, 3.8) is 0 Å². The zero-order valence-electron chi connectivity index (χ0n) is 16.9. The van der Waals surface area contributed by atoms with Gasteiger partial charge in [0.1, 0.15) is 16.4 Å². The summed E-state index contributed by atoms with van der Waals surface area (Å²) in [5.41, 5.74) is 2.08. The first kappa shape index (κ1) is 22.4. The molecule has 3 aromatic carbocycles. The molecule has 0 spiro atoms. The fourth-order valence-corrected chi connectivity index (χ4v) is 4.51. The molecule has 0 aromatic heterocycles. The molecule has 0 saturated carbocycles. The lowest BCUT2D eigenvalue weighted by Gasteiger charge is -2.16. The smallest absolute Gasteiger partial charge is 0.283 e. The molecular formula is C24H17Cl2FN2O2S. The molecule has 1 aliphatic rings. The van der Waals surface area contributed by atoms with Crippen LogP contribution in [0.3, 0.4) is 0 Å². The third-order valence-corrected chi connectivity index (χ3v) is 6.53. The average Bonchev–Trinajstić information content (AvgIpc) is 3.01. The third kappa shape index (κ3) is 4.39. The number of hydrogen-bond acceptors (Lipinski definition) is 4. The van der Waals surface area contributed by atoms with Crippen LogP contribution in [0, 0.1) is 5.82 Å². The zero-order valence-corrected chi connectivity index (χ0v) is 19.2. The number of carbonyl (C=O) groups excluding carboxylic acids is 2. The Labute approximate surface area is 199 Å². The van der Waals surface area contributed by atoms with E-state index < -0.39 is 17.6 Å². The zero-order chi connectivity index (χ0) is 22.8. The van der Waals surface area contributed by atoms with Gasteiger partial charge in [0.05, 0.1) is 10.7 Å². The van der Waals surface area contributed by atoms with Crippen molar-refractivity contribution in [3.05, 3.63) is 98.8 Å². The van der Waals surface area contributed by atoms with Gasteiger partial charge in [0.15, 0.2) is 0 Å². The lowest BCUT2D eigenvalue weighted by molar-refractivity contribution is -0.120. The standard InChI is InChI=1S/C24H17Cl2FN2O2S/c1-2-14-5-3-4-6-20(14)28-21-22(32-17-10-7-15(25)8-11-17)24(31)29(23(21)30)16-9-12-19(27)18(26)13-16/h3-13,28H,2H2,1H3. The van der Waals surface area contributed by atoms with E-state index in [0.717, 1.165) is 45.3 Å². The Morgan fingerprint density at radius 2 is 1.69 bits per heavy atom. The number of amides is 2. The summed E-state index contributed by atoms with van der Waals surface area (Å²) < 4.78 is 13.7. The Morgan fingerprint density at radius 1 is 0.969 bits per heavy atom. The van der Waals surface area contributed by atoms with Gasteiger partial charge in [-0.15, -0.1) is 0 Å². The molecule has 162 valence electrons. The van der Waals surface area contributed by atoms with Crippen LogP contribution in [0.15, 0.2) is 82.2 Å². The number of aryl methyl sites for hydroxylation is 1. The molecule has 0 atom stereocenters. The van der Waals surface area contributed by atoms with E-state index in [1.807, 2.05) is 31.2 Å². The van der Waals surface area contributed by atoms with Gasteiger partial charge in [-0.25, -0.2) is 9.29 Å². The molecule has 0 aliphatic carbocycles. The molecule has 0 unspecified atom stereocenters. The number of halogens is 3. The number of anilines is 2. The Kier molecular flexibility index (Phi) is 6.55. The summed E-state index contributed by atoms with van der Waals surface area (Å²) in [5.74, 6) is -1.69. The highest BCUT2D eigenvalue weighted by Gasteiger charge is 2.40. The Morgan fingerprint density at radius 3 is 2.38 bits per heavy atom. The number of benzene rings is 3. The van der Waals surface area contributed by atoms with Gasteiger partial charge in [-0.1, -0.05) is 60.1 Å². The summed E-state index contributed by atoms with van der Waals surface area (Å²) in [4.78, 5) is 28.7. The number of carbonyl (C=O) groups is 2. The van der Waals surface area contributed by atoms with Crippen LogP contribution in [0.1, 0.15) is 12.5 Å². The van der Waals surface area contributed by atoms with Crippen molar-refractivity contribution in [2.45, 2.75) is 18.2 Å². The van der Waals surface area contributed by atoms with Gasteiger partial charge in [0, 0.05) is 15.6 Å². The normalized spacial score (nSPS) is 13.8. The van der Waals surface area contributed by atoms with Crippen molar-refractivity contribution in [1.29, 1.82) is 0 Å². The molecule has 0 fully saturated rings. The average molecular weight is 487 g/mol. The Bertz CT molecular complexity index is 1250. The van der Waals surface area contributed by atoms with Gasteiger partial charge >= 0.3 is 0 Å². The second-order valence-corrected chi connectivity index (χ2v) is 8.87. The quantitative estimate of drug-likeness (QED) is 0.394. The van der Waals surface area contributed by atoms with Gasteiger partial charge in [0.2, 0.25) is 0 Å². The molecule has 4 rings (SSSR count). The summed E-state index contributed by atoms with van der Waals surface area (Å²) in [7, 11) is 0. The lowest BCUT2D eigenvalue weighted by atomic mass is 10.1. The van der Waals surface area contributed by atoms with Crippen molar-refractivity contribution in [1.82, 2.24) is 0 Å². The van der Waals surface area contributed by atoms with Crippen molar-refractivity contribution in [2.75, 3.05) is 10.2 Å². The predicted octanol–water partition coefficient (Wildman–Crippen LogP) is 6.68. The monoisotopic (exact) mass is 486 g/mol. The highest BCUT2D eigenvalue weighted by Crippen LogP contribution is 2.39. The molecule has 0 bridgehead atoms. The highest BCUT2D eigenvalue weighted by atomic mass is 35.5. The summed E-state index contributed by atoms with van der Waals surface area (Å²) in [5, 5.41) is 3.55. The molecule has 0 saturated heterocycles. The molecule has 8 heteroatoms. The second-order valence-electron chi connectivity index (χ2n) is 6.94. The highest BCUT2D eigenvalue weighted by molar-refractivity contribution is 8.04. The maximum absolute atomic E-state index is 13.7. The van der Waals surface area contributed by atoms with Crippen molar-refractivity contribution < 1.29 is 14.0 Å². The molecule has 4 nitrogen and oxygen atoms in total. The van der Waals surface area contributed by atoms with Gasteiger partial charge in [-0.3, -0.25) is 9.59 Å². The number of imide groups is 1. The van der Waals surface area contributed by atoms with E-state index in [4.69, 9.17) is 23.2 Å². The molecule has 0 radical (unpaired) electrons. The SMILES string of the molecule is CCc1ccccc1NC1=C(Sc2ccc(Cl)cc2)C(=O)N(c2ccc(F)c(Cl)c2)C1=O. The number of para-hydroxylation sites is 1. The van der Waals surface area contributed by atoms with Crippen molar-refractivity contribution >= 4 is 58.2 Å². The van der Waals surface area contributed by atoms with Crippen LogP contribution >= 0.6 is 35.0 Å². The van der Waals surface area contributed by atoms with Crippen LogP contribution in [0.25, 0.3) is 0 Å². The molecule has 1 heterocycles. The van der Waals surface area contributed by atoms with E-state index in [0.29, 0.717) is 5.02 Å². The van der Waals surface area contributed by atoms with Gasteiger partial charge in [-0.2, -0.15) is 0 Å². The minimum absolute atomic E-state index is 0.149. The first-order chi connectivity index (χ1) is 15.4. The summed E-state index contributed by atoms with van der Waals surface area (Å²) in [6.45, 7) is 2.01. The van der Waals surface area contributed by atoms with Crippen LogP contribution < -0.4 is 10.2 Å². The van der Waals surface area contributed by atoms with Crippen LogP contribution in [0.2, 0.25) is 10.0 Å². The van der Waals surface area contributed by atoms with E-state index in [2.05, 4.69) is 5.32 Å². The predicted molar refractivity (Wildman–Crippen MR) is 128 cm³/mol. The van der Waals surface area contributed by atoms with Crippen LogP contribution in [-0.2, 0) is 16.0 Å². The molecule has 1 aliphatic heterocycles. The number of rotatable bonds is 6. The fraction of sp³-hybridized carbons (Fsp3) is 0.0833. The third-order valence-electron chi connectivity index (χ3n) is 4.89. The van der Waals surface area contributed by atoms with Crippen molar-refractivity contribution in [2.24, 2.45) is 0 Å². The van der Waals surface area contributed by atoms with E-state index in [1.165, 1.54) is 12.1 Å². The molecular weight excluding hydrogens is 470 g/mol. The van der Waals surface area contributed by atoms with Crippen LogP contribution in [0.5, 0.6) is 0 Å². The first-order valence-corrected chi connectivity index (χ1v) is 11.3. The first-order valence-electron chi connectivity index (χ1n) is 9.75. The van der Waals surface area contributed by atoms with E-state index >= 15 is 0 Å². The largest absolute Gasteiger partial charge is 0.350 e. The molecule has 3 aromatic rings. The van der Waals surface area contributed by atoms with Gasteiger partial charge < -0.3 is 5.32 Å². The topological polar surface area (TPSA) is 49.4 Å². The Hall–Kier alpha value is -2.80. The second kappa shape index (κ2) is 9.36. The number of nitrogens with one attached hydrogen (secondary N) is 1. The lowest BCUT2D eigenvalue weighted by Crippen LogP contribution is -2.32. The van der Waals surface area contributed by atoms with E-state index in [-0.39, 0.29) is 21.3 Å². The minimum atomic E-state index is -0.631. The summed E-state index contributed by atoms with van der Waals surface area (Å²) >= 11 is 13.0. The van der Waals surface area contributed by atoms with Gasteiger partial charge in [0.25, 0.3) is 11.8 Å². The number of hydrogen-bond donors (Lipinski definition) is 1. The molecule has 32 heavy (non-hydrogen) atoms. The van der Waals surface area contributed by atoms with Crippen molar-refractivity contribution in [3.8, 4) is 0 Å². The molecule has 1 N–H and O–H groups in total. The Balaban J connectivity index is 1.77. The number of thioether (sulfide) groups is 1. The maximum Gasteiger partial charge on any atom is 0.283 e. The maximum atomic E-state index is 13.7. The van der Waals surface area contributed by atoms with E-state index in [9.17, 15) is 14.0 Å². The number of nitrogens with zero attached hydrogens (tertiary/aromatic N) is 1. The van der Waals surface area contributed by atoms with E-state index in [1.54, 1.807) is 24.3 Å². The fourth-order valence-electron chi connectivity index (χ4n) is 3.28. The summed E-state index contributed by atoms with van der Waals surface area (Å²) in [6, 6.07) is 18.3. The van der Waals surface area contributed by atoms with Crippen LogP contribution in [-0.4, -0.2) is 11.8 Å².